The molecule has 0 aliphatic heterocycles. The van der Waals surface area contributed by atoms with Crippen molar-refractivity contribution in [1.82, 2.24) is 5.32 Å². The molecule has 0 saturated carbocycles. The van der Waals surface area contributed by atoms with Crippen molar-refractivity contribution < 1.29 is 9.90 Å². The lowest BCUT2D eigenvalue weighted by atomic mass is 10.6. The minimum Gasteiger partial charge on any atom is -0.465 e. The second-order valence-corrected chi connectivity index (χ2v) is 0.852. The summed E-state index contributed by atoms with van der Waals surface area (Å²) in [5.41, 5.74) is 0. The van der Waals surface area contributed by atoms with E-state index in [2.05, 4.69) is 6.58 Å². The van der Waals surface area contributed by atoms with Crippen LogP contribution in [0.1, 0.15) is 0 Å². The fourth-order valence-corrected chi connectivity index (χ4v) is 0.130. The molecule has 0 atom stereocenters. The number of carbonyl (C=O) groups is 1. The molecule has 0 bridgehead atoms. The van der Waals surface area contributed by atoms with E-state index < -0.39 is 6.09 Å². The van der Waals surface area contributed by atoms with E-state index in [9.17, 15) is 4.79 Å². The van der Waals surface area contributed by atoms with Crippen molar-refractivity contribution >= 4 is 6.09 Å². The van der Waals surface area contributed by atoms with Crippen molar-refractivity contribution in [3.05, 3.63) is 19.2 Å². The van der Waals surface area contributed by atoms with E-state index in [1.54, 1.807) is 0 Å². The Hall–Kier alpha value is -0.990. The van der Waals surface area contributed by atoms with Gasteiger partial charge >= 0.3 is 6.09 Å². The Morgan fingerprint density at radius 3 is 2.57 bits per heavy atom. The van der Waals surface area contributed by atoms with Gasteiger partial charge in [0.2, 0.25) is 0 Å². The first-order valence-corrected chi connectivity index (χ1v) is 1.71. The zero-order valence-electron chi connectivity index (χ0n) is 3.72. The van der Waals surface area contributed by atoms with E-state index >= 15 is 0 Å². The molecule has 0 aliphatic carbocycles. The SMILES string of the molecule is C=C[CH]NC(=O)O. The van der Waals surface area contributed by atoms with Crippen molar-refractivity contribution in [3.8, 4) is 0 Å². The fourth-order valence-electron chi connectivity index (χ4n) is 0.130. The molecule has 3 nitrogen and oxygen atoms in total. The Morgan fingerprint density at radius 2 is 2.43 bits per heavy atom. The molecule has 0 aromatic carbocycles. The van der Waals surface area contributed by atoms with Gasteiger partial charge in [0.25, 0.3) is 0 Å². The standard InChI is InChI=1S/C4H6NO2/c1-2-3-5-4(6)7/h2-3,5H,1H2,(H,6,7). The molecular weight excluding hydrogens is 94.0 g/mol. The molecule has 39 valence electrons. The van der Waals surface area contributed by atoms with E-state index in [0.717, 1.165) is 0 Å². The number of nitrogens with one attached hydrogen (secondary N) is 1. The van der Waals surface area contributed by atoms with Gasteiger partial charge in [-0.1, -0.05) is 6.08 Å². The topological polar surface area (TPSA) is 49.3 Å². The maximum atomic E-state index is 9.57. The predicted molar refractivity (Wildman–Crippen MR) is 25.7 cm³/mol. The molecule has 0 unspecified atom stereocenters. The molecule has 0 heterocycles. The Labute approximate surface area is 41.7 Å². The molecule has 2 N–H and O–H groups in total. The van der Waals surface area contributed by atoms with Gasteiger partial charge in [-0.15, -0.1) is 6.58 Å². The Kier molecular flexibility index (Phi) is 2.76. The van der Waals surface area contributed by atoms with Crippen molar-refractivity contribution in [2.45, 2.75) is 0 Å². The van der Waals surface area contributed by atoms with Gasteiger partial charge < -0.3 is 10.4 Å². The molecule has 0 aliphatic rings. The number of rotatable bonds is 2. The van der Waals surface area contributed by atoms with E-state index in [-0.39, 0.29) is 0 Å². The first kappa shape index (κ1) is 6.01. The van der Waals surface area contributed by atoms with Crippen LogP contribution in [0.15, 0.2) is 12.7 Å². The summed E-state index contributed by atoms with van der Waals surface area (Å²) in [4.78, 5) is 9.57. The Balaban J connectivity index is 2.97. The van der Waals surface area contributed by atoms with Crippen molar-refractivity contribution in [3.63, 3.8) is 0 Å². The first-order valence-electron chi connectivity index (χ1n) is 1.71. The highest BCUT2D eigenvalue weighted by atomic mass is 16.4. The summed E-state index contributed by atoms with van der Waals surface area (Å²) in [6.07, 6.45) is 0.286. The summed E-state index contributed by atoms with van der Waals surface area (Å²) in [5.74, 6) is 0. The largest absolute Gasteiger partial charge is 0.465 e. The molecule has 1 radical (unpaired) electrons. The quantitative estimate of drug-likeness (QED) is 0.533. The van der Waals surface area contributed by atoms with Crippen LogP contribution in [0.5, 0.6) is 0 Å². The molecular formula is C4H6NO2. The van der Waals surface area contributed by atoms with Crippen LogP contribution in [-0.2, 0) is 0 Å². The summed E-state index contributed by atoms with van der Waals surface area (Å²) in [6, 6.07) is 0. The lowest BCUT2D eigenvalue weighted by molar-refractivity contribution is 0.197. The third kappa shape index (κ3) is 5.01. The number of carboxylic acid groups (broad SMARTS) is 1. The first-order chi connectivity index (χ1) is 3.27. The highest BCUT2D eigenvalue weighted by molar-refractivity contribution is 5.65. The van der Waals surface area contributed by atoms with Crippen LogP contribution < -0.4 is 5.32 Å². The average molecular weight is 100 g/mol. The second kappa shape index (κ2) is 3.21. The van der Waals surface area contributed by atoms with Gasteiger partial charge in [0, 0.05) is 0 Å². The molecule has 0 aromatic heterocycles. The average Bonchev–Trinajstić information content (AvgIpc) is 1.61. The molecule has 7 heavy (non-hydrogen) atoms. The Morgan fingerprint density at radius 1 is 1.86 bits per heavy atom. The predicted octanol–water partition coefficient (Wildman–Crippen LogP) is 0.602. The van der Waals surface area contributed by atoms with Crippen LogP contribution in [0.4, 0.5) is 4.79 Å². The summed E-state index contributed by atoms with van der Waals surface area (Å²) >= 11 is 0. The van der Waals surface area contributed by atoms with Crippen LogP contribution in [0.25, 0.3) is 0 Å². The van der Waals surface area contributed by atoms with Gasteiger partial charge in [0.1, 0.15) is 0 Å². The third-order valence-corrected chi connectivity index (χ3v) is 0.325. The normalized spacial score (nSPS) is 7.43. The van der Waals surface area contributed by atoms with Gasteiger partial charge in [-0.2, -0.15) is 0 Å². The van der Waals surface area contributed by atoms with Gasteiger partial charge in [-0.25, -0.2) is 4.79 Å². The van der Waals surface area contributed by atoms with Gasteiger partial charge in [0.05, 0.1) is 6.54 Å². The monoisotopic (exact) mass is 100 g/mol. The fraction of sp³-hybridized carbons (Fsp3) is 0. The number of hydrogen-bond donors (Lipinski definition) is 2. The maximum absolute atomic E-state index is 9.57. The third-order valence-electron chi connectivity index (χ3n) is 0.325. The zero-order chi connectivity index (χ0) is 5.70. The lowest BCUT2D eigenvalue weighted by Gasteiger charge is -1.87. The molecule has 0 spiro atoms. The van der Waals surface area contributed by atoms with Crippen molar-refractivity contribution in [2.24, 2.45) is 0 Å². The van der Waals surface area contributed by atoms with Crippen LogP contribution >= 0.6 is 0 Å². The molecule has 1 amide bonds. The van der Waals surface area contributed by atoms with Crippen molar-refractivity contribution in [2.75, 3.05) is 0 Å². The summed E-state index contributed by atoms with van der Waals surface area (Å²) < 4.78 is 0. The zero-order valence-corrected chi connectivity index (χ0v) is 3.72. The van der Waals surface area contributed by atoms with Crippen molar-refractivity contribution in [1.29, 1.82) is 0 Å². The lowest BCUT2D eigenvalue weighted by Crippen LogP contribution is -2.15. The van der Waals surface area contributed by atoms with Gasteiger partial charge in [-0.3, -0.25) is 0 Å². The summed E-state index contributed by atoms with van der Waals surface area (Å²) in [5, 5.41) is 9.82. The highest BCUT2D eigenvalue weighted by Gasteiger charge is 1.85. The molecule has 0 aromatic rings. The minimum atomic E-state index is -1.07. The van der Waals surface area contributed by atoms with Gasteiger partial charge in [-0.05, 0) is 0 Å². The summed E-state index contributed by atoms with van der Waals surface area (Å²) in [7, 11) is 0. The van der Waals surface area contributed by atoms with E-state index in [1.807, 2.05) is 5.32 Å². The smallest absolute Gasteiger partial charge is 0.405 e. The number of hydrogen-bond acceptors (Lipinski definition) is 1. The minimum absolute atomic E-state index is 1.07. The highest BCUT2D eigenvalue weighted by Crippen LogP contribution is 1.66. The van der Waals surface area contributed by atoms with Crippen LogP contribution in [0, 0.1) is 6.54 Å². The maximum Gasteiger partial charge on any atom is 0.405 e. The summed E-state index contributed by atoms with van der Waals surface area (Å²) in [6.45, 7) is 4.49. The van der Waals surface area contributed by atoms with Crippen LogP contribution in [0.3, 0.4) is 0 Å². The van der Waals surface area contributed by atoms with E-state index in [4.69, 9.17) is 5.11 Å². The second-order valence-electron chi connectivity index (χ2n) is 0.852. The molecule has 0 saturated heterocycles. The molecule has 0 fully saturated rings. The van der Waals surface area contributed by atoms with E-state index in [0.29, 0.717) is 0 Å². The molecule has 3 heteroatoms. The van der Waals surface area contributed by atoms with Crippen LogP contribution in [0.2, 0.25) is 0 Å². The molecule has 0 rings (SSSR count). The number of amides is 1. The van der Waals surface area contributed by atoms with Crippen LogP contribution in [-0.4, -0.2) is 11.2 Å². The van der Waals surface area contributed by atoms with Gasteiger partial charge in [0.15, 0.2) is 0 Å². The Bertz CT molecular complexity index is 79.8. The van der Waals surface area contributed by atoms with E-state index in [1.165, 1.54) is 12.6 Å².